The van der Waals surface area contributed by atoms with Crippen LogP contribution in [0.1, 0.15) is 35.3 Å². The zero-order valence-electron chi connectivity index (χ0n) is 14.4. The molecule has 3 rings (SSSR count). The molecular formula is C18H23ClN4O2. The van der Waals surface area contributed by atoms with E-state index in [9.17, 15) is 4.79 Å². The molecule has 0 N–H and O–H groups in total. The molecule has 1 aromatic heterocycles. The average molecular weight is 363 g/mol. The van der Waals surface area contributed by atoms with Crippen molar-refractivity contribution in [3.05, 3.63) is 46.7 Å². The molecule has 25 heavy (non-hydrogen) atoms. The summed E-state index contributed by atoms with van der Waals surface area (Å²) in [7, 11) is 1.82. The van der Waals surface area contributed by atoms with Gasteiger partial charge in [-0.25, -0.2) is 4.68 Å². The highest BCUT2D eigenvalue weighted by Crippen LogP contribution is 2.19. The summed E-state index contributed by atoms with van der Waals surface area (Å²) in [5.74, 6) is 0.555. The second-order valence-electron chi connectivity index (χ2n) is 6.50. The van der Waals surface area contributed by atoms with Gasteiger partial charge in [-0.2, -0.15) is 0 Å². The first-order valence-electron chi connectivity index (χ1n) is 8.59. The van der Waals surface area contributed by atoms with Gasteiger partial charge in [-0.3, -0.25) is 4.79 Å². The molecule has 2 heterocycles. The van der Waals surface area contributed by atoms with Gasteiger partial charge in [-0.15, -0.1) is 5.10 Å². The van der Waals surface area contributed by atoms with E-state index in [0.29, 0.717) is 23.2 Å². The van der Waals surface area contributed by atoms with Gasteiger partial charge in [0.25, 0.3) is 5.91 Å². The van der Waals surface area contributed by atoms with Crippen molar-refractivity contribution in [2.45, 2.75) is 25.8 Å². The van der Waals surface area contributed by atoms with Gasteiger partial charge >= 0.3 is 0 Å². The van der Waals surface area contributed by atoms with Gasteiger partial charge < -0.3 is 9.64 Å². The van der Waals surface area contributed by atoms with Crippen LogP contribution in [-0.2, 0) is 11.3 Å². The zero-order chi connectivity index (χ0) is 17.6. The number of hydrogen-bond acceptors (Lipinski definition) is 4. The summed E-state index contributed by atoms with van der Waals surface area (Å²) < 4.78 is 7.04. The van der Waals surface area contributed by atoms with Gasteiger partial charge in [0, 0.05) is 31.8 Å². The minimum absolute atomic E-state index is 0.0885. The molecule has 0 radical (unpaired) electrons. The van der Waals surface area contributed by atoms with Crippen LogP contribution in [0.25, 0.3) is 0 Å². The van der Waals surface area contributed by atoms with E-state index in [1.165, 1.54) is 0 Å². The number of aromatic nitrogens is 3. The highest BCUT2D eigenvalue weighted by atomic mass is 35.5. The summed E-state index contributed by atoms with van der Waals surface area (Å²) in [6.07, 6.45) is 4.87. The number of ether oxygens (including phenoxy) is 1. The molecule has 0 unspecified atom stereocenters. The Hall–Kier alpha value is -1.92. The van der Waals surface area contributed by atoms with Crippen molar-refractivity contribution in [1.82, 2.24) is 19.9 Å². The molecule has 1 saturated heterocycles. The van der Waals surface area contributed by atoms with E-state index in [1.807, 2.05) is 31.3 Å². The second kappa shape index (κ2) is 8.45. The summed E-state index contributed by atoms with van der Waals surface area (Å²) in [6, 6.07) is 7.55. The van der Waals surface area contributed by atoms with Crippen LogP contribution in [0, 0.1) is 5.92 Å². The summed E-state index contributed by atoms with van der Waals surface area (Å²) in [4.78, 5) is 14.2. The predicted octanol–water partition coefficient (Wildman–Crippen LogP) is 2.87. The lowest BCUT2D eigenvalue weighted by atomic mass is 9.96. The molecule has 7 heteroatoms. The number of nitrogens with zero attached hydrogens (tertiary/aromatic N) is 4. The topological polar surface area (TPSA) is 60.2 Å². The van der Waals surface area contributed by atoms with E-state index in [2.05, 4.69) is 10.3 Å². The van der Waals surface area contributed by atoms with Gasteiger partial charge in [0.05, 0.1) is 12.7 Å². The second-order valence-corrected chi connectivity index (χ2v) is 6.94. The van der Waals surface area contributed by atoms with Crippen molar-refractivity contribution < 1.29 is 9.53 Å². The molecular weight excluding hydrogens is 340 g/mol. The van der Waals surface area contributed by atoms with Gasteiger partial charge in [-0.1, -0.05) is 28.9 Å². The van der Waals surface area contributed by atoms with E-state index in [-0.39, 0.29) is 5.91 Å². The molecule has 1 fully saturated rings. The minimum Gasteiger partial charge on any atom is -0.381 e. The van der Waals surface area contributed by atoms with Crippen LogP contribution in [0.5, 0.6) is 0 Å². The van der Waals surface area contributed by atoms with E-state index >= 15 is 0 Å². The quantitative estimate of drug-likeness (QED) is 0.792. The van der Waals surface area contributed by atoms with Crippen molar-refractivity contribution in [2.75, 3.05) is 26.8 Å². The largest absolute Gasteiger partial charge is 0.381 e. The maximum atomic E-state index is 12.5. The fourth-order valence-corrected chi connectivity index (χ4v) is 3.08. The molecule has 1 amide bonds. The third-order valence-corrected chi connectivity index (χ3v) is 4.83. The van der Waals surface area contributed by atoms with E-state index in [4.69, 9.17) is 16.3 Å². The van der Waals surface area contributed by atoms with Crippen molar-refractivity contribution in [3.8, 4) is 0 Å². The maximum absolute atomic E-state index is 12.5. The van der Waals surface area contributed by atoms with E-state index in [1.54, 1.807) is 15.8 Å². The summed E-state index contributed by atoms with van der Waals surface area (Å²) in [5, 5.41) is 8.78. The van der Waals surface area contributed by atoms with Crippen LogP contribution < -0.4 is 0 Å². The number of hydrogen-bond donors (Lipinski definition) is 0. The first kappa shape index (κ1) is 17.9. The molecule has 0 spiro atoms. The lowest BCUT2D eigenvalue weighted by Crippen LogP contribution is -2.30. The number of carbonyl (C=O) groups excluding carboxylic acids is 1. The first-order chi connectivity index (χ1) is 12.1. The SMILES string of the molecule is CN(CCC1CCOCC1)C(=O)c1cn(Cc2ccc(Cl)cc2)nn1. The number of amides is 1. The molecule has 0 bridgehead atoms. The first-order valence-corrected chi connectivity index (χ1v) is 8.97. The van der Waals surface area contributed by atoms with Crippen molar-refractivity contribution in [3.63, 3.8) is 0 Å². The number of rotatable bonds is 6. The summed E-state index contributed by atoms with van der Waals surface area (Å²) in [6.45, 7) is 2.96. The predicted molar refractivity (Wildman–Crippen MR) is 95.7 cm³/mol. The van der Waals surface area contributed by atoms with Crippen LogP contribution in [-0.4, -0.2) is 52.6 Å². The third-order valence-electron chi connectivity index (χ3n) is 4.58. The Labute approximate surface area is 152 Å². The van der Waals surface area contributed by atoms with Crippen LogP contribution in [0.3, 0.4) is 0 Å². The van der Waals surface area contributed by atoms with Crippen molar-refractivity contribution in [1.29, 1.82) is 0 Å². The zero-order valence-corrected chi connectivity index (χ0v) is 15.2. The Balaban J connectivity index is 1.53. The Morgan fingerprint density at radius 3 is 2.76 bits per heavy atom. The maximum Gasteiger partial charge on any atom is 0.275 e. The lowest BCUT2D eigenvalue weighted by molar-refractivity contribution is 0.0582. The van der Waals surface area contributed by atoms with Crippen molar-refractivity contribution in [2.24, 2.45) is 5.92 Å². The number of halogens is 1. The molecule has 6 nitrogen and oxygen atoms in total. The highest BCUT2D eigenvalue weighted by Gasteiger charge is 2.19. The smallest absolute Gasteiger partial charge is 0.275 e. The van der Waals surface area contributed by atoms with Gasteiger partial charge in [-0.05, 0) is 42.9 Å². The van der Waals surface area contributed by atoms with Crippen LogP contribution in [0.15, 0.2) is 30.5 Å². The molecule has 0 atom stereocenters. The fraction of sp³-hybridized carbons (Fsp3) is 0.500. The Bertz CT molecular complexity index is 695. The number of benzene rings is 1. The average Bonchev–Trinajstić information content (AvgIpc) is 3.10. The Kier molecular flexibility index (Phi) is 6.04. The van der Waals surface area contributed by atoms with Gasteiger partial charge in [0.1, 0.15) is 0 Å². The highest BCUT2D eigenvalue weighted by molar-refractivity contribution is 6.30. The van der Waals surface area contributed by atoms with E-state index < -0.39 is 0 Å². The Morgan fingerprint density at radius 2 is 2.04 bits per heavy atom. The van der Waals surface area contributed by atoms with E-state index in [0.717, 1.165) is 44.6 Å². The molecule has 1 aliphatic heterocycles. The molecule has 0 aliphatic carbocycles. The molecule has 1 aromatic carbocycles. The summed E-state index contributed by atoms with van der Waals surface area (Å²) in [5.41, 5.74) is 1.43. The molecule has 0 saturated carbocycles. The fourth-order valence-electron chi connectivity index (χ4n) is 2.96. The van der Waals surface area contributed by atoms with Gasteiger partial charge in [0.15, 0.2) is 5.69 Å². The van der Waals surface area contributed by atoms with Crippen LogP contribution >= 0.6 is 11.6 Å². The normalized spacial score (nSPS) is 15.3. The van der Waals surface area contributed by atoms with Gasteiger partial charge in [0.2, 0.25) is 0 Å². The van der Waals surface area contributed by atoms with Crippen LogP contribution in [0.2, 0.25) is 5.02 Å². The standard InChI is InChI=1S/C18H23ClN4O2/c1-22(9-6-14-7-10-25-11-8-14)18(24)17-13-23(21-20-17)12-15-2-4-16(19)5-3-15/h2-5,13-14H,6-12H2,1H3. The monoisotopic (exact) mass is 362 g/mol. The minimum atomic E-state index is -0.0885. The molecule has 134 valence electrons. The lowest BCUT2D eigenvalue weighted by Gasteiger charge is -2.24. The third kappa shape index (κ3) is 5.03. The van der Waals surface area contributed by atoms with Crippen LogP contribution in [0.4, 0.5) is 0 Å². The van der Waals surface area contributed by atoms with Crippen molar-refractivity contribution >= 4 is 17.5 Å². The molecule has 2 aromatic rings. The summed E-state index contributed by atoms with van der Waals surface area (Å²) >= 11 is 5.89. The Morgan fingerprint density at radius 1 is 1.32 bits per heavy atom. The molecule has 1 aliphatic rings. The number of carbonyl (C=O) groups is 1.